The van der Waals surface area contributed by atoms with E-state index in [0.29, 0.717) is 22.9 Å². The molecular weight excluding hydrogens is 386 g/mol. The minimum atomic E-state index is -1.40. The Balaban J connectivity index is 1.79. The lowest BCUT2D eigenvalue weighted by molar-refractivity contribution is -0.00899. The van der Waals surface area contributed by atoms with Crippen molar-refractivity contribution in [1.82, 2.24) is 19.6 Å². The van der Waals surface area contributed by atoms with Gasteiger partial charge in [-0.3, -0.25) is 0 Å². The predicted octanol–water partition coefficient (Wildman–Crippen LogP) is 3.97. The molecule has 0 saturated heterocycles. The van der Waals surface area contributed by atoms with Gasteiger partial charge in [-0.2, -0.15) is 14.6 Å². The Morgan fingerprint density at radius 2 is 1.61 bits per heavy atom. The summed E-state index contributed by atoms with van der Waals surface area (Å²) in [6, 6.07) is 18.0. The molecule has 0 spiro atoms. The maximum atomic E-state index is 11.7. The minimum Gasteiger partial charge on any atom is -0.382 e. The molecule has 6 heteroatoms. The van der Waals surface area contributed by atoms with E-state index in [9.17, 15) is 5.11 Å². The number of rotatable bonds is 2. The van der Waals surface area contributed by atoms with Crippen LogP contribution in [0.3, 0.4) is 0 Å². The summed E-state index contributed by atoms with van der Waals surface area (Å²) in [5, 5.41) is 15.8. The maximum absolute atomic E-state index is 11.7. The number of hydrogen-bond donors (Lipinski definition) is 2. The fourth-order valence-corrected chi connectivity index (χ4v) is 3.51. The summed E-state index contributed by atoms with van der Waals surface area (Å²) < 4.78 is 1.45. The van der Waals surface area contributed by atoms with Gasteiger partial charge >= 0.3 is 0 Å². The van der Waals surface area contributed by atoms with Crippen molar-refractivity contribution in [2.24, 2.45) is 5.41 Å². The van der Waals surface area contributed by atoms with E-state index < -0.39 is 11.0 Å². The van der Waals surface area contributed by atoms with Crippen molar-refractivity contribution in [3.63, 3.8) is 0 Å². The molecule has 156 valence electrons. The summed E-state index contributed by atoms with van der Waals surface area (Å²) in [5.74, 6) is 6.94. The number of aryl methyl sites for hydroxylation is 1. The molecule has 0 aliphatic rings. The number of nitrogen functional groups attached to an aromatic ring is 1. The Hall–Kier alpha value is -3.69. The van der Waals surface area contributed by atoms with Gasteiger partial charge in [0, 0.05) is 5.41 Å². The van der Waals surface area contributed by atoms with Crippen LogP contribution in [0.2, 0.25) is 0 Å². The highest BCUT2D eigenvalue weighted by Gasteiger charge is 2.40. The highest BCUT2D eigenvalue weighted by molar-refractivity contribution is 5.64. The molecule has 0 fully saturated rings. The monoisotopic (exact) mass is 411 g/mol. The highest BCUT2D eigenvalue weighted by Crippen LogP contribution is 2.39. The van der Waals surface area contributed by atoms with Crippen LogP contribution in [0.4, 0.5) is 5.82 Å². The van der Waals surface area contributed by atoms with E-state index in [1.807, 2.05) is 70.2 Å². The molecule has 2 aromatic heterocycles. The number of fused-ring (bicyclic) bond motifs is 1. The molecule has 2 aromatic carbocycles. The van der Waals surface area contributed by atoms with E-state index in [4.69, 9.17) is 5.73 Å². The average Bonchev–Trinajstić information content (AvgIpc) is 3.22. The van der Waals surface area contributed by atoms with Crippen LogP contribution in [0.1, 0.15) is 37.6 Å². The van der Waals surface area contributed by atoms with Crippen LogP contribution in [0, 0.1) is 24.2 Å². The Bertz CT molecular complexity index is 1290. The highest BCUT2D eigenvalue weighted by atomic mass is 16.3. The SMILES string of the molecule is Cc1nc2ncnn2c(N)c1C#CC(O)(c1ccc(-c2ccccc2)cc1)C(C)(C)C. The second-order valence-electron chi connectivity index (χ2n) is 8.58. The van der Waals surface area contributed by atoms with Crippen LogP contribution in [0.5, 0.6) is 0 Å². The van der Waals surface area contributed by atoms with Gasteiger partial charge < -0.3 is 10.8 Å². The molecule has 4 rings (SSSR count). The van der Waals surface area contributed by atoms with E-state index in [1.165, 1.54) is 10.8 Å². The fraction of sp³-hybridized carbons (Fsp3) is 0.240. The Kier molecular flexibility index (Phi) is 5.00. The van der Waals surface area contributed by atoms with Crippen molar-refractivity contribution in [3.05, 3.63) is 77.7 Å². The van der Waals surface area contributed by atoms with Gasteiger partial charge in [0.25, 0.3) is 5.78 Å². The van der Waals surface area contributed by atoms with Gasteiger partial charge in [0.2, 0.25) is 0 Å². The van der Waals surface area contributed by atoms with E-state index in [2.05, 4.69) is 39.0 Å². The quantitative estimate of drug-likeness (QED) is 0.487. The average molecular weight is 412 g/mol. The zero-order valence-electron chi connectivity index (χ0n) is 18.1. The molecule has 6 nitrogen and oxygen atoms in total. The number of hydrogen-bond acceptors (Lipinski definition) is 5. The molecular formula is C25H25N5O. The number of nitrogens with zero attached hydrogens (tertiary/aromatic N) is 4. The second-order valence-corrected chi connectivity index (χ2v) is 8.58. The van der Waals surface area contributed by atoms with Crippen molar-refractivity contribution >= 4 is 11.6 Å². The molecule has 1 atom stereocenters. The van der Waals surface area contributed by atoms with Crippen LogP contribution in [0.15, 0.2) is 60.9 Å². The lowest BCUT2D eigenvalue weighted by Crippen LogP contribution is -2.38. The van der Waals surface area contributed by atoms with Crippen molar-refractivity contribution in [1.29, 1.82) is 0 Å². The van der Waals surface area contributed by atoms with Crippen molar-refractivity contribution in [2.75, 3.05) is 5.73 Å². The first-order valence-corrected chi connectivity index (χ1v) is 10.1. The molecule has 3 N–H and O–H groups in total. The molecule has 1 unspecified atom stereocenters. The van der Waals surface area contributed by atoms with Crippen molar-refractivity contribution in [3.8, 4) is 23.0 Å². The van der Waals surface area contributed by atoms with Crippen molar-refractivity contribution in [2.45, 2.75) is 33.3 Å². The Labute approximate surface area is 181 Å². The van der Waals surface area contributed by atoms with Crippen LogP contribution in [-0.2, 0) is 5.60 Å². The van der Waals surface area contributed by atoms with Gasteiger partial charge in [-0.15, -0.1) is 0 Å². The van der Waals surface area contributed by atoms with E-state index in [-0.39, 0.29) is 0 Å². The molecule has 0 radical (unpaired) electrons. The minimum absolute atomic E-state index is 0.350. The van der Waals surface area contributed by atoms with Gasteiger partial charge in [0.1, 0.15) is 12.1 Å². The van der Waals surface area contributed by atoms with Gasteiger partial charge in [-0.05, 0) is 23.6 Å². The van der Waals surface area contributed by atoms with Crippen LogP contribution in [-0.4, -0.2) is 24.7 Å². The van der Waals surface area contributed by atoms with Crippen LogP contribution in [0.25, 0.3) is 16.9 Å². The van der Waals surface area contributed by atoms with Gasteiger partial charge in [-0.1, -0.05) is 87.2 Å². The topological polar surface area (TPSA) is 89.3 Å². The van der Waals surface area contributed by atoms with Gasteiger partial charge in [0.05, 0.1) is 11.3 Å². The normalized spacial score (nSPS) is 13.5. The number of anilines is 1. The third-order valence-corrected chi connectivity index (χ3v) is 5.51. The smallest absolute Gasteiger partial charge is 0.254 e. The molecule has 0 bridgehead atoms. The van der Waals surface area contributed by atoms with Crippen LogP contribution >= 0.6 is 0 Å². The summed E-state index contributed by atoms with van der Waals surface area (Å²) in [5.41, 5.74) is 8.39. The summed E-state index contributed by atoms with van der Waals surface area (Å²) in [7, 11) is 0. The van der Waals surface area contributed by atoms with E-state index in [1.54, 1.807) is 0 Å². The summed E-state index contributed by atoms with van der Waals surface area (Å²) >= 11 is 0. The number of aliphatic hydroxyl groups is 1. The second kappa shape index (κ2) is 7.53. The fourth-order valence-electron chi connectivity index (χ4n) is 3.51. The Morgan fingerprint density at radius 3 is 2.26 bits per heavy atom. The zero-order valence-corrected chi connectivity index (χ0v) is 18.1. The number of nitrogens with two attached hydrogens (primary N) is 1. The predicted molar refractivity (Wildman–Crippen MR) is 122 cm³/mol. The molecule has 0 saturated carbocycles. The zero-order chi connectivity index (χ0) is 22.2. The molecule has 31 heavy (non-hydrogen) atoms. The van der Waals surface area contributed by atoms with Crippen molar-refractivity contribution < 1.29 is 5.11 Å². The lowest BCUT2D eigenvalue weighted by atomic mass is 9.72. The number of aromatic nitrogens is 4. The third kappa shape index (κ3) is 3.65. The van der Waals surface area contributed by atoms with E-state index >= 15 is 0 Å². The van der Waals surface area contributed by atoms with E-state index in [0.717, 1.165) is 16.7 Å². The molecule has 0 amide bonds. The first-order valence-electron chi connectivity index (χ1n) is 10.1. The number of benzene rings is 2. The van der Waals surface area contributed by atoms with Gasteiger partial charge in [0.15, 0.2) is 5.60 Å². The molecule has 4 aromatic rings. The van der Waals surface area contributed by atoms with Crippen LogP contribution < -0.4 is 5.73 Å². The maximum Gasteiger partial charge on any atom is 0.254 e. The Morgan fingerprint density at radius 1 is 0.968 bits per heavy atom. The van der Waals surface area contributed by atoms with Gasteiger partial charge in [-0.25, -0.2) is 4.98 Å². The lowest BCUT2D eigenvalue weighted by Gasteiger charge is -2.36. The molecule has 0 aliphatic carbocycles. The molecule has 2 heterocycles. The first kappa shape index (κ1) is 20.6. The first-order chi connectivity index (χ1) is 14.7. The largest absolute Gasteiger partial charge is 0.382 e. The summed E-state index contributed by atoms with van der Waals surface area (Å²) in [6.07, 6.45) is 1.40. The molecule has 0 aliphatic heterocycles. The standard InChI is InChI=1S/C25H25N5O/c1-17-21(22(26)30-23(29-17)27-16-28-30)14-15-25(31,24(2,3)4)20-12-10-19(11-13-20)18-8-6-5-7-9-18/h5-13,16,31H,26H2,1-4H3. The summed E-state index contributed by atoms with van der Waals surface area (Å²) in [4.78, 5) is 8.48. The third-order valence-electron chi connectivity index (χ3n) is 5.51. The summed E-state index contributed by atoms with van der Waals surface area (Å²) in [6.45, 7) is 7.70.